The summed E-state index contributed by atoms with van der Waals surface area (Å²) in [5.41, 5.74) is 0. The molecule has 0 radical (unpaired) electrons. The molecule has 72 valence electrons. The van der Waals surface area contributed by atoms with Crippen LogP contribution in [0.1, 0.15) is 25.2 Å². The molecule has 3 nitrogen and oxygen atoms in total. The smallest absolute Gasteiger partial charge is 0.125 e. The molecule has 0 saturated carbocycles. The quantitative estimate of drug-likeness (QED) is 0.550. The van der Waals surface area contributed by atoms with E-state index in [9.17, 15) is 0 Å². The van der Waals surface area contributed by atoms with Crippen molar-refractivity contribution in [2.45, 2.75) is 19.4 Å². The van der Waals surface area contributed by atoms with Crippen molar-refractivity contribution in [2.75, 3.05) is 6.54 Å². The maximum Gasteiger partial charge on any atom is 0.125 e. The minimum absolute atomic E-state index is 0.306. The van der Waals surface area contributed by atoms with E-state index in [2.05, 4.69) is 23.8 Å². The zero-order chi connectivity index (χ0) is 9.68. The van der Waals surface area contributed by atoms with Gasteiger partial charge in [0, 0.05) is 19.4 Å². The third-order valence-corrected chi connectivity index (χ3v) is 2.04. The second-order valence-corrected chi connectivity index (χ2v) is 3.15. The third-order valence-electron chi connectivity index (χ3n) is 2.04. The van der Waals surface area contributed by atoms with E-state index in [0.717, 1.165) is 18.8 Å². The average molecular weight is 179 g/mol. The zero-order valence-corrected chi connectivity index (χ0v) is 8.33. The van der Waals surface area contributed by atoms with Crippen LogP contribution in [0.25, 0.3) is 0 Å². The molecule has 0 aliphatic heterocycles. The Morgan fingerprint density at radius 3 is 3.08 bits per heavy atom. The molecule has 1 N–H and O–H groups in total. The molecule has 0 aliphatic rings. The highest BCUT2D eigenvalue weighted by Gasteiger charge is 2.07. The predicted molar refractivity (Wildman–Crippen MR) is 54.4 cm³/mol. The van der Waals surface area contributed by atoms with Crippen molar-refractivity contribution in [3.63, 3.8) is 0 Å². The molecule has 1 rings (SSSR count). The van der Waals surface area contributed by atoms with Crippen LogP contribution in [-0.2, 0) is 7.05 Å². The standard InChI is InChI=1S/C10H17N3/c1-4-5-6-11-9(2)10-12-7-8-13(10)3/h4,7-9,11H,1,5-6H2,2-3H3. The first-order valence-corrected chi connectivity index (χ1v) is 4.57. The lowest BCUT2D eigenvalue weighted by Crippen LogP contribution is -2.22. The van der Waals surface area contributed by atoms with E-state index in [1.54, 1.807) is 0 Å². The van der Waals surface area contributed by atoms with Gasteiger partial charge in [0.05, 0.1) is 6.04 Å². The summed E-state index contributed by atoms with van der Waals surface area (Å²) < 4.78 is 2.03. The topological polar surface area (TPSA) is 29.9 Å². The summed E-state index contributed by atoms with van der Waals surface area (Å²) in [6.07, 6.45) is 6.69. The van der Waals surface area contributed by atoms with Gasteiger partial charge in [0.1, 0.15) is 5.82 Å². The Labute approximate surface area is 79.5 Å². The van der Waals surface area contributed by atoms with Crippen LogP contribution in [0.4, 0.5) is 0 Å². The molecule has 13 heavy (non-hydrogen) atoms. The van der Waals surface area contributed by atoms with Crippen LogP contribution in [0.2, 0.25) is 0 Å². The summed E-state index contributed by atoms with van der Waals surface area (Å²) in [6.45, 7) is 6.75. The van der Waals surface area contributed by atoms with Gasteiger partial charge in [0.25, 0.3) is 0 Å². The normalized spacial score (nSPS) is 12.8. The number of hydrogen-bond acceptors (Lipinski definition) is 2. The van der Waals surface area contributed by atoms with Crippen molar-refractivity contribution < 1.29 is 0 Å². The molecular weight excluding hydrogens is 162 g/mol. The maximum atomic E-state index is 4.27. The van der Waals surface area contributed by atoms with Crippen molar-refractivity contribution in [1.29, 1.82) is 0 Å². The summed E-state index contributed by atoms with van der Waals surface area (Å²) in [4.78, 5) is 4.27. The molecule has 0 saturated heterocycles. The van der Waals surface area contributed by atoms with Crippen LogP contribution in [0, 0.1) is 0 Å². The van der Waals surface area contributed by atoms with Gasteiger partial charge in [0.2, 0.25) is 0 Å². The van der Waals surface area contributed by atoms with Gasteiger partial charge in [-0.05, 0) is 19.9 Å². The Kier molecular flexibility index (Phi) is 3.71. The van der Waals surface area contributed by atoms with Crippen LogP contribution in [0.5, 0.6) is 0 Å². The molecule has 0 amide bonds. The Hall–Kier alpha value is -1.09. The van der Waals surface area contributed by atoms with E-state index in [4.69, 9.17) is 0 Å². The van der Waals surface area contributed by atoms with E-state index >= 15 is 0 Å². The fraction of sp³-hybridized carbons (Fsp3) is 0.500. The first-order chi connectivity index (χ1) is 6.25. The average Bonchev–Trinajstić information content (AvgIpc) is 2.52. The highest BCUT2D eigenvalue weighted by molar-refractivity contribution is 4.96. The van der Waals surface area contributed by atoms with E-state index in [-0.39, 0.29) is 0 Å². The van der Waals surface area contributed by atoms with Crippen LogP contribution in [0.3, 0.4) is 0 Å². The van der Waals surface area contributed by atoms with Gasteiger partial charge in [-0.25, -0.2) is 4.98 Å². The lowest BCUT2D eigenvalue weighted by Gasteiger charge is -2.12. The number of hydrogen-bond donors (Lipinski definition) is 1. The van der Waals surface area contributed by atoms with Crippen molar-refractivity contribution in [3.05, 3.63) is 30.9 Å². The van der Waals surface area contributed by atoms with Crippen molar-refractivity contribution >= 4 is 0 Å². The Bertz CT molecular complexity index is 265. The molecule has 1 aromatic heterocycles. The molecule has 1 aromatic rings. The molecule has 3 heteroatoms. The van der Waals surface area contributed by atoms with Gasteiger partial charge < -0.3 is 9.88 Å². The summed E-state index contributed by atoms with van der Waals surface area (Å²) in [6, 6.07) is 0.306. The molecule has 0 aliphatic carbocycles. The van der Waals surface area contributed by atoms with Gasteiger partial charge in [-0.1, -0.05) is 6.08 Å². The van der Waals surface area contributed by atoms with Gasteiger partial charge in [-0.2, -0.15) is 0 Å². The number of rotatable bonds is 5. The van der Waals surface area contributed by atoms with Crippen LogP contribution < -0.4 is 5.32 Å². The second kappa shape index (κ2) is 4.82. The molecule has 0 fully saturated rings. The van der Waals surface area contributed by atoms with Crippen LogP contribution in [-0.4, -0.2) is 16.1 Å². The Morgan fingerprint density at radius 2 is 2.54 bits per heavy atom. The summed E-state index contributed by atoms with van der Waals surface area (Å²) in [5.74, 6) is 1.07. The van der Waals surface area contributed by atoms with E-state index in [1.807, 2.05) is 30.1 Å². The molecule has 1 unspecified atom stereocenters. The summed E-state index contributed by atoms with van der Waals surface area (Å²) >= 11 is 0. The predicted octanol–water partition coefficient (Wildman–Crippen LogP) is 1.65. The fourth-order valence-corrected chi connectivity index (χ4v) is 1.29. The fourth-order valence-electron chi connectivity index (χ4n) is 1.29. The number of aryl methyl sites for hydroxylation is 1. The summed E-state index contributed by atoms with van der Waals surface area (Å²) in [5, 5.41) is 3.37. The first kappa shape index (κ1) is 9.99. The zero-order valence-electron chi connectivity index (χ0n) is 8.33. The largest absolute Gasteiger partial charge is 0.337 e. The minimum atomic E-state index is 0.306. The SMILES string of the molecule is C=CCCNC(C)c1nccn1C. The van der Waals surface area contributed by atoms with Gasteiger partial charge >= 0.3 is 0 Å². The van der Waals surface area contributed by atoms with Crippen molar-refractivity contribution in [3.8, 4) is 0 Å². The van der Waals surface area contributed by atoms with Gasteiger partial charge in [0.15, 0.2) is 0 Å². The molecular formula is C10H17N3. The van der Waals surface area contributed by atoms with Gasteiger partial charge in [-0.15, -0.1) is 6.58 Å². The Balaban J connectivity index is 2.44. The maximum absolute atomic E-state index is 4.27. The molecule has 1 atom stereocenters. The second-order valence-electron chi connectivity index (χ2n) is 3.15. The minimum Gasteiger partial charge on any atom is -0.337 e. The summed E-state index contributed by atoms with van der Waals surface area (Å²) in [7, 11) is 2.01. The van der Waals surface area contributed by atoms with Crippen molar-refractivity contribution in [1.82, 2.24) is 14.9 Å². The molecule has 0 bridgehead atoms. The number of nitrogens with one attached hydrogen (secondary N) is 1. The van der Waals surface area contributed by atoms with Crippen molar-refractivity contribution in [2.24, 2.45) is 7.05 Å². The lowest BCUT2D eigenvalue weighted by atomic mass is 10.3. The Morgan fingerprint density at radius 1 is 1.77 bits per heavy atom. The highest BCUT2D eigenvalue weighted by atomic mass is 15.1. The van der Waals surface area contributed by atoms with Crippen LogP contribution >= 0.6 is 0 Å². The van der Waals surface area contributed by atoms with E-state index in [1.165, 1.54) is 0 Å². The third kappa shape index (κ3) is 2.70. The molecule has 1 heterocycles. The van der Waals surface area contributed by atoms with E-state index in [0.29, 0.717) is 6.04 Å². The van der Waals surface area contributed by atoms with E-state index < -0.39 is 0 Å². The highest BCUT2D eigenvalue weighted by Crippen LogP contribution is 2.07. The number of nitrogens with zero attached hydrogens (tertiary/aromatic N) is 2. The monoisotopic (exact) mass is 179 g/mol. The lowest BCUT2D eigenvalue weighted by molar-refractivity contribution is 0.536. The van der Waals surface area contributed by atoms with Crippen LogP contribution in [0.15, 0.2) is 25.0 Å². The number of imidazole rings is 1. The first-order valence-electron chi connectivity index (χ1n) is 4.57. The number of aromatic nitrogens is 2. The molecule has 0 aromatic carbocycles. The van der Waals surface area contributed by atoms with Gasteiger partial charge in [-0.3, -0.25) is 0 Å². The molecule has 0 spiro atoms.